The van der Waals surface area contributed by atoms with Gasteiger partial charge in [0, 0.05) is 10.1 Å². The zero-order valence-electron chi connectivity index (χ0n) is 8.87. The molecule has 0 aromatic carbocycles. The van der Waals surface area contributed by atoms with Crippen LogP contribution >= 0.6 is 23.1 Å². The molecule has 0 saturated heterocycles. The van der Waals surface area contributed by atoms with Crippen LogP contribution in [-0.4, -0.2) is 16.8 Å². The van der Waals surface area contributed by atoms with Crippen LogP contribution in [0.2, 0.25) is 0 Å². The van der Waals surface area contributed by atoms with Crippen molar-refractivity contribution in [2.75, 3.05) is 5.75 Å². The maximum Gasteiger partial charge on any atom is 0.182 e. The zero-order valence-corrected chi connectivity index (χ0v) is 10.5. The molecule has 0 N–H and O–H groups in total. The molecule has 1 aromatic heterocycles. The van der Waals surface area contributed by atoms with Crippen molar-refractivity contribution in [3.05, 3.63) is 21.9 Å². The lowest BCUT2D eigenvalue weighted by molar-refractivity contribution is 0.102. The van der Waals surface area contributed by atoms with Gasteiger partial charge in [-0.25, -0.2) is 0 Å². The van der Waals surface area contributed by atoms with Crippen molar-refractivity contribution in [2.24, 2.45) is 0 Å². The first-order valence-corrected chi connectivity index (χ1v) is 6.71. The van der Waals surface area contributed by atoms with Gasteiger partial charge in [-0.1, -0.05) is 13.8 Å². The lowest BCUT2D eigenvalue weighted by Crippen LogP contribution is -2.04. The molecule has 0 amide bonds. The molecule has 1 atom stereocenters. The van der Waals surface area contributed by atoms with E-state index in [1.807, 2.05) is 19.1 Å². The summed E-state index contributed by atoms with van der Waals surface area (Å²) in [6.07, 6.45) is 1.13. The van der Waals surface area contributed by atoms with E-state index < -0.39 is 0 Å². The molecule has 1 aromatic rings. The second kappa shape index (κ2) is 5.56. The number of thiophene rings is 1. The van der Waals surface area contributed by atoms with Gasteiger partial charge >= 0.3 is 0 Å². The molecule has 3 heteroatoms. The van der Waals surface area contributed by atoms with Crippen LogP contribution in [0.3, 0.4) is 0 Å². The van der Waals surface area contributed by atoms with Crippen LogP contribution < -0.4 is 0 Å². The summed E-state index contributed by atoms with van der Waals surface area (Å²) in [6.45, 7) is 6.35. The third-order valence-electron chi connectivity index (χ3n) is 2.09. The Bertz CT molecular complexity index is 304. The summed E-state index contributed by atoms with van der Waals surface area (Å²) in [7, 11) is 0. The molecule has 0 aliphatic heterocycles. The van der Waals surface area contributed by atoms with E-state index in [0.717, 1.165) is 11.3 Å². The molecule has 0 spiro atoms. The van der Waals surface area contributed by atoms with Crippen LogP contribution in [0.1, 0.15) is 34.8 Å². The van der Waals surface area contributed by atoms with Crippen molar-refractivity contribution in [3.8, 4) is 0 Å². The fraction of sp³-hybridized carbons (Fsp3) is 0.545. The van der Waals surface area contributed by atoms with Gasteiger partial charge in [-0.05, 0) is 25.5 Å². The second-order valence-corrected chi connectivity index (χ2v) is 6.08. The third kappa shape index (κ3) is 3.46. The number of Topliss-reactive ketones (excluding diaryl/α,β-unsaturated/α-hetero) is 1. The van der Waals surface area contributed by atoms with Gasteiger partial charge in [0.25, 0.3) is 0 Å². The normalized spacial score (nSPS) is 12.8. The minimum Gasteiger partial charge on any atom is -0.292 e. The molecule has 1 unspecified atom stereocenters. The molecular formula is C11H16OS2. The van der Waals surface area contributed by atoms with Crippen LogP contribution in [0.15, 0.2) is 12.1 Å². The standard InChI is InChI=1S/C11H16OS2/c1-4-8(2)13-7-10(12)11-6-5-9(3)14-11/h5-6,8H,4,7H2,1-3H3. The van der Waals surface area contributed by atoms with E-state index in [2.05, 4.69) is 13.8 Å². The molecule has 78 valence electrons. The zero-order chi connectivity index (χ0) is 10.6. The van der Waals surface area contributed by atoms with Gasteiger partial charge in [0.2, 0.25) is 0 Å². The number of carbonyl (C=O) groups is 1. The Morgan fingerprint density at radius 2 is 2.29 bits per heavy atom. The lowest BCUT2D eigenvalue weighted by atomic mass is 10.3. The molecule has 1 rings (SSSR count). The summed E-state index contributed by atoms with van der Waals surface area (Å²) in [5.74, 6) is 0.892. The molecule has 0 aliphatic carbocycles. The van der Waals surface area contributed by atoms with E-state index in [1.54, 1.807) is 23.1 Å². The number of hydrogen-bond donors (Lipinski definition) is 0. The Morgan fingerprint density at radius 1 is 1.57 bits per heavy atom. The molecule has 14 heavy (non-hydrogen) atoms. The monoisotopic (exact) mass is 228 g/mol. The van der Waals surface area contributed by atoms with Gasteiger partial charge in [-0.15, -0.1) is 11.3 Å². The summed E-state index contributed by atoms with van der Waals surface area (Å²) in [6, 6.07) is 3.94. The summed E-state index contributed by atoms with van der Waals surface area (Å²) in [4.78, 5) is 13.8. The van der Waals surface area contributed by atoms with E-state index in [1.165, 1.54) is 4.88 Å². The Labute approximate surface area is 93.9 Å². The summed E-state index contributed by atoms with van der Waals surface area (Å²) < 4.78 is 0. The number of aryl methyl sites for hydroxylation is 1. The van der Waals surface area contributed by atoms with Crippen LogP contribution in [-0.2, 0) is 0 Å². The highest BCUT2D eigenvalue weighted by molar-refractivity contribution is 8.00. The van der Waals surface area contributed by atoms with Crippen molar-refractivity contribution in [2.45, 2.75) is 32.4 Å². The highest BCUT2D eigenvalue weighted by atomic mass is 32.2. The smallest absolute Gasteiger partial charge is 0.182 e. The van der Waals surface area contributed by atoms with Gasteiger partial charge in [0.1, 0.15) is 0 Å². The maximum absolute atomic E-state index is 11.7. The van der Waals surface area contributed by atoms with E-state index >= 15 is 0 Å². The van der Waals surface area contributed by atoms with E-state index in [-0.39, 0.29) is 5.78 Å². The largest absolute Gasteiger partial charge is 0.292 e. The number of hydrogen-bond acceptors (Lipinski definition) is 3. The van der Waals surface area contributed by atoms with E-state index in [0.29, 0.717) is 11.0 Å². The number of carbonyl (C=O) groups excluding carboxylic acids is 1. The fourth-order valence-corrected chi connectivity index (χ4v) is 2.71. The minimum atomic E-state index is 0.272. The highest BCUT2D eigenvalue weighted by Crippen LogP contribution is 2.20. The Kier molecular flexibility index (Phi) is 4.69. The summed E-state index contributed by atoms with van der Waals surface area (Å²) in [5.41, 5.74) is 0. The van der Waals surface area contributed by atoms with Gasteiger partial charge in [-0.2, -0.15) is 11.8 Å². The second-order valence-electron chi connectivity index (χ2n) is 3.36. The fourth-order valence-electron chi connectivity index (χ4n) is 0.991. The quantitative estimate of drug-likeness (QED) is 0.714. The average molecular weight is 228 g/mol. The number of thioether (sulfide) groups is 1. The van der Waals surface area contributed by atoms with Crippen molar-refractivity contribution >= 4 is 28.9 Å². The van der Waals surface area contributed by atoms with Crippen LogP contribution in [0.25, 0.3) is 0 Å². The van der Waals surface area contributed by atoms with Gasteiger partial charge in [0.05, 0.1) is 10.6 Å². The topological polar surface area (TPSA) is 17.1 Å². The summed E-state index contributed by atoms with van der Waals surface area (Å²) >= 11 is 3.34. The van der Waals surface area contributed by atoms with E-state index in [4.69, 9.17) is 0 Å². The Morgan fingerprint density at radius 3 is 2.79 bits per heavy atom. The molecule has 1 nitrogen and oxygen atoms in total. The van der Waals surface area contributed by atoms with Crippen molar-refractivity contribution in [3.63, 3.8) is 0 Å². The van der Waals surface area contributed by atoms with Crippen molar-refractivity contribution in [1.82, 2.24) is 0 Å². The average Bonchev–Trinajstić information content (AvgIpc) is 2.60. The number of rotatable bonds is 5. The van der Waals surface area contributed by atoms with E-state index in [9.17, 15) is 4.79 Å². The third-order valence-corrected chi connectivity index (χ3v) is 4.46. The van der Waals surface area contributed by atoms with Gasteiger partial charge in [0.15, 0.2) is 5.78 Å². The maximum atomic E-state index is 11.7. The Balaban J connectivity index is 2.43. The molecule has 0 saturated carbocycles. The van der Waals surface area contributed by atoms with Gasteiger partial charge < -0.3 is 0 Å². The first-order chi connectivity index (χ1) is 6.63. The SMILES string of the molecule is CCC(C)SCC(=O)c1ccc(C)s1. The molecule has 0 radical (unpaired) electrons. The number of ketones is 1. The molecule has 0 bridgehead atoms. The molecular weight excluding hydrogens is 212 g/mol. The van der Waals surface area contributed by atoms with Crippen LogP contribution in [0.4, 0.5) is 0 Å². The van der Waals surface area contributed by atoms with Crippen LogP contribution in [0.5, 0.6) is 0 Å². The minimum absolute atomic E-state index is 0.272. The lowest BCUT2D eigenvalue weighted by Gasteiger charge is -2.05. The van der Waals surface area contributed by atoms with Crippen LogP contribution in [0, 0.1) is 6.92 Å². The van der Waals surface area contributed by atoms with Gasteiger partial charge in [-0.3, -0.25) is 4.79 Å². The Hall–Kier alpha value is -0.280. The highest BCUT2D eigenvalue weighted by Gasteiger charge is 2.09. The summed E-state index contributed by atoms with van der Waals surface area (Å²) in [5, 5.41) is 0.583. The van der Waals surface area contributed by atoms with Crippen molar-refractivity contribution in [1.29, 1.82) is 0 Å². The molecule has 0 aliphatic rings. The first-order valence-electron chi connectivity index (χ1n) is 4.84. The molecule has 1 heterocycles. The predicted octanol–water partition coefficient (Wildman–Crippen LogP) is 3.77. The van der Waals surface area contributed by atoms with Crippen molar-refractivity contribution < 1.29 is 4.79 Å². The molecule has 0 fully saturated rings. The predicted molar refractivity (Wildman–Crippen MR) is 65.6 cm³/mol. The first kappa shape index (κ1) is 11.8.